The molecule has 1 saturated heterocycles. The number of thiophene rings is 1. The van der Waals surface area contributed by atoms with E-state index in [-0.39, 0.29) is 5.91 Å². The monoisotopic (exact) mass is 343 g/mol. The zero-order valence-electron chi connectivity index (χ0n) is 11.0. The SMILES string of the molecule is CCN(CC1CCOC1)C(=O)/C=C/c1cc(Br)cs1. The Hall–Kier alpha value is -0.650. The van der Waals surface area contributed by atoms with Gasteiger partial charge in [-0.25, -0.2) is 0 Å². The van der Waals surface area contributed by atoms with Gasteiger partial charge in [-0.2, -0.15) is 0 Å². The van der Waals surface area contributed by atoms with Crippen LogP contribution in [-0.2, 0) is 9.53 Å². The van der Waals surface area contributed by atoms with E-state index in [1.165, 1.54) is 0 Å². The zero-order chi connectivity index (χ0) is 13.7. The van der Waals surface area contributed by atoms with Gasteiger partial charge >= 0.3 is 0 Å². The van der Waals surface area contributed by atoms with Gasteiger partial charge in [0.25, 0.3) is 0 Å². The van der Waals surface area contributed by atoms with Gasteiger partial charge in [-0.15, -0.1) is 11.3 Å². The van der Waals surface area contributed by atoms with Crippen LogP contribution in [0.3, 0.4) is 0 Å². The zero-order valence-corrected chi connectivity index (χ0v) is 13.4. The number of halogens is 1. The summed E-state index contributed by atoms with van der Waals surface area (Å²) < 4.78 is 6.41. The van der Waals surface area contributed by atoms with Crippen molar-refractivity contribution in [2.75, 3.05) is 26.3 Å². The van der Waals surface area contributed by atoms with Crippen LogP contribution in [-0.4, -0.2) is 37.1 Å². The van der Waals surface area contributed by atoms with Crippen LogP contribution in [0.2, 0.25) is 0 Å². The lowest BCUT2D eigenvalue weighted by molar-refractivity contribution is -0.126. The summed E-state index contributed by atoms with van der Waals surface area (Å²) in [4.78, 5) is 15.1. The maximum Gasteiger partial charge on any atom is 0.246 e. The van der Waals surface area contributed by atoms with E-state index in [4.69, 9.17) is 4.74 Å². The van der Waals surface area contributed by atoms with Gasteiger partial charge in [0.15, 0.2) is 0 Å². The predicted molar refractivity (Wildman–Crippen MR) is 82.2 cm³/mol. The van der Waals surface area contributed by atoms with Crippen molar-refractivity contribution in [1.29, 1.82) is 0 Å². The second-order valence-corrected chi connectivity index (χ2v) is 6.47. The van der Waals surface area contributed by atoms with Crippen molar-refractivity contribution in [3.63, 3.8) is 0 Å². The summed E-state index contributed by atoms with van der Waals surface area (Å²) in [5.74, 6) is 0.576. The summed E-state index contributed by atoms with van der Waals surface area (Å²) in [7, 11) is 0. The van der Waals surface area contributed by atoms with E-state index in [0.717, 1.165) is 42.1 Å². The first-order chi connectivity index (χ1) is 9.19. The molecule has 0 bridgehead atoms. The quantitative estimate of drug-likeness (QED) is 0.766. The van der Waals surface area contributed by atoms with Gasteiger partial charge in [-0.1, -0.05) is 0 Å². The molecule has 0 N–H and O–H groups in total. The third kappa shape index (κ3) is 4.44. The minimum Gasteiger partial charge on any atom is -0.381 e. The van der Waals surface area contributed by atoms with Crippen LogP contribution in [0.25, 0.3) is 6.08 Å². The lowest BCUT2D eigenvalue weighted by Crippen LogP contribution is -2.34. The molecule has 2 heterocycles. The number of hydrogen-bond donors (Lipinski definition) is 0. The molecule has 1 aromatic rings. The topological polar surface area (TPSA) is 29.5 Å². The fourth-order valence-corrected chi connectivity index (χ4v) is 3.43. The first-order valence-electron chi connectivity index (χ1n) is 6.47. The smallest absolute Gasteiger partial charge is 0.246 e. The number of carbonyl (C=O) groups excluding carboxylic acids is 1. The highest BCUT2D eigenvalue weighted by Crippen LogP contribution is 2.21. The molecule has 1 atom stereocenters. The second-order valence-electron chi connectivity index (χ2n) is 4.61. The van der Waals surface area contributed by atoms with Crippen LogP contribution in [0, 0.1) is 5.92 Å². The predicted octanol–water partition coefficient (Wildman–Crippen LogP) is 3.41. The molecule has 1 aromatic heterocycles. The van der Waals surface area contributed by atoms with Gasteiger partial charge in [0.05, 0.1) is 6.61 Å². The van der Waals surface area contributed by atoms with E-state index in [1.807, 2.05) is 29.3 Å². The van der Waals surface area contributed by atoms with Gasteiger partial charge in [0.1, 0.15) is 0 Å². The van der Waals surface area contributed by atoms with Crippen molar-refractivity contribution >= 4 is 39.2 Å². The van der Waals surface area contributed by atoms with Crippen molar-refractivity contribution in [3.8, 4) is 0 Å². The van der Waals surface area contributed by atoms with Gasteiger partial charge in [0.2, 0.25) is 5.91 Å². The number of nitrogens with zero attached hydrogens (tertiary/aromatic N) is 1. The first kappa shape index (κ1) is 14.8. The second kappa shape index (κ2) is 7.22. The Morgan fingerprint density at radius 3 is 3.11 bits per heavy atom. The minimum atomic E-state index is 0.0823. The molecule has 0 spiro atoms. The van der Waals surface area contributed by atoms with Crippen molar-refractivity contribution in [3.05, 3.63) is 26.9 Å². The summed E-state index contributed by atoms with van der Waals surface area (Å²) in [6.45, 7) is 5.17. The standard InChI is InChI=1S/C14H18BrNO2S/c1-2-16(8-11-5-6-18-9-11)14(17)4-3-13-7-12(15)10-19-13/h3-4,7,10-11H,2,5-6,8-9H2,1H3/b4-3+. The Bertz CT molecular complexity index is 452. The molecule has 0 radical (unpaired) electrons. The molecule has 0 aliphatic carbocycles. The Balaban J connectivity index is 1.90. The van der Waals surface area contributed by atoms with Crippen molar-refractivity contribution in [2.24, 2.45) is 5.92 Å². The maximum absolute atomic E-state index is 12.1. The van der Waals surface area contributed by atoms with Crippen LogP contribution < -0.4 is 0 Å². The molecule has 2 rings (SSSR count). The Kier molecular flexibility index (Phi) is 5.60. The van der Waals surface area contributed by atoms with Crippen molar-refractivity contribution in [1.82, 2.24) is 4.90 Å². The van der Waals surface area contributed by atoms with E-state index in [2.05, 4.69) is 15.9 Å². The van der Waals surface area contributed by atoms with E-state index in [1.54, 1.807) is 17.4 Å². The Morgan fingerprint density at radius 1 is 1.68 bits per heavy atom. The molecule has 0 saturated carbocycles. The normalized spacial score (nSPS) is 19.2. The van der Waals surface area contributed by atoms with Gasteiger partial charge in [-0.05, 0) is 41.4 Å². The third-order valence-electron chi connectivity index (χ3n) is 3.17. The fourth-order valence-electron chi connectivity index (χ4n) is 2.09. The van der Waals surface area contributed by atoms with E-state index in [9.17, 15) is 4.79 Å². The van der Waals surface area contributed by atoms with Gasteiger partial charge in [-0.3, -0.25) is 4.79 Å². The number of carbonyl (C=O) groups is 1. The summed E-state index contributed by atoms with van der Waals surface area (Å²) in [5, 5.41) is 2.01. The van der Waals surface area contributed by atoms with Crippen LogP contribution in [0.5, 0.6) is 0 Å². The van der Waals surface area contributed by atoms with E-state index in [0.29, 0.717) is 5.92 Å². The van der Waals surface area contributed by atoms with Crippen LogP contribution in [0.15, 0.2) is 22.0 Å². The fraction of sp³-hybridized carbons (Fsp3) is 0.500. The summed E-state index contributed by atoms with van der Waals surface area (Å²) in [5.41, 5.74) is 0. The third-order valence-corrected chi connectivity index (χ3v) is 4.83. The van der Waals surface area contributed by atoms with Gasteiger partial charge in [0, 0.05) is 46.4 Å². The summed E-state index contributed by atoms with van der Waals surface area (Å²) in [6, 6.07) is 2.01. The average molecular weight is 344 g/mol. The lowest BCUT2D eigenvalue weighted by Gasteiger charge is -2.22. The number of rotatable bonds is 5. The molecular weight excluding hydrogens is 326 g/mol. The van der Waals surface area contributed by atoms with Crippen LogP contribution in [0.4, 0.5) is 0 Å². The Morgan fingerprint density at radius 2 is 2.53 bits per heavy atom. The molecule has 3 nitrogen and oxygen atoms in total. The van der Waals surface area contributed by atoms with E-state index < -0.39 is 0 Å². The molecule has 104 valence electrons. The molecule has 1 aliphatic heterocycles. The number of hydrogen-bond acceptors (Lipinski definition) is 3. The largest absolute Gasteiger partial charge is 0.381 e. The van der Waals surface area contributed by atoms with E-state index >= 15 is 0 Å². The maximum atomic E-state index is 12.1. The molecule has 19 heavy (non-hydrogen) atoms. The van der Waals surface area contributed by atoms with Crippen LogP contribution >= 0.6 is 27.3 Å². The molecule has 0 aromatic carbocycles. The summed E-state index contributed by atoms with van der Waals surface area (Å²) in [6.07, 6.45) is 4.61. The molecule has 1 amide bonds. The lowest BCUT2D eigenvalue weighted by atomic mass is 10.1. The molecule has 1 unspecified atom stereocenters. The summed E-state index contributed by atoms with van der Waals surface area (Å²) >= 11 is 5.03. The highest BCUT2D eigenvalue weighted by molar-refractivity contribution is 9.10. The van der Waals surface area contributed by atoms with Gasteiger partial charge < -0.3 is 9.64 Å². The number of ether oxygens (including phenoxy) is 1. The molecule has 5 heteroatoms. The highest BCUT2D eigenvalue weighted by atomic mass is 79.9. The molecular formula is C14H18BrNO2S. The highest BCUT2D eigenvalue weighted by Gasteiger charge is 2.20. The van der Waals surface area contributed by atoms with Crippen molar-refractivity contribution in [2.45, 2.75) is 13.3 Å². The van der Waals surface area contributed by atoms with Crippen LogP contribution in [0.1, 0.15) is 18.2 Å². The molecule has 1 fully saturated rings. The Labute approximate surface area is 126 Å². The average Bonchev–Trinajstić information content (AvgIpc) is 3.04. The number of likely N-dealkylation sites (N-methyl/N-ethyl adjacent to an activating group) is 1. The van der Waals surface area contributed by atoms with Crippen molar-refractivity contribution < 1.29 is 9.53 Å². The minimum absolute atomic E-state index is 0.0823. The number of amides is 1. The molecule has 1 aliphatic rings. The first-order valence-corrected chi connectivity index (χ1v) is 8.15.